The zero-order chi connectivity index (χ0) is 28.3. The standard InChI is InChI=1S/C26H26F3IN8OS/c1-36-23-21(16-32-24(34-23)31-9-10-37-11-13-39-14-12-37)22(35-36)17-5-7-20(8-6-17)38(30)25(40)33-19-4-2-3-18(15-19)26(27,28)29/h2-8,15-16H,9-14H2,1H3,(H,33,40)(H,31,32,34). The number of rotatable bonds is 7. The van der Waals surface area contributed by atoms with Crippen molar-refractivity contribution in [3.8, 4) is 11.3 Å². The summed E-state index contributed by atoms with van der Waals surface area (Å²) in [5.74, 6) is 0.549. The third-order valence-corrected chi connectivity index (χ3v) is 8.03. The zero-order valence-corrected chi connectivity index (χ0v) is 24.4. The Labute approximate surface area is 248 Å². The van der Waals surface area contributed by atoms with Crippen molar-refractivity contribution in [1.82, 2.24) is 24.6 Å². The van der Waals surface area contributed by atoms with Gasteiger partial charge in [0, 0.05) is 50.7 Å². The van der Waals surface area contributed by atoms with Gasteiger partial charge in [-0.25, -0.2) is 9.67 Å². The minimum absolute atomic E-state index is 0.248. The van der Waals surface area contributed by atoms with Crippen LogP contribution in [0.3, 0.4) is 0 Å². The number of thiocarbonyl (C=S) groups is 1. The zero-order valence-electron chi connectivity index (χ0n) is 21.5. The number of morpholine rings is 1. The van der Waals surface area contributed by atoms with Crippen LogP contribution in [0.15, 0.2) is 54.7 Å². The van der Waals surface area contributed by atoms with Gasteiger partial charge >= 0.3 is 6.18 Å². The highest BCUT2D eigenvalue weighted by Gasteiger charge is 2.30. The Morgan fingerprint density at radius 2 is 1.90 bits per heavy atom. The highest BCUT2D eigenvalue weighted by Crippen LogP contribution is 2.32. The molecular formula is C26H26F3IN8OS. The molecule has 0 unspecified atom stereocenters. The molecule has 0 saturated carbocycles. The van der Waals surface area contributed by atoms with E-state index in [1.54, 1.807) is 14.0 Å². The molecule has 0 radical (unpaired) electrons. The Morgan fingerprint density at radius 1 is 1.15 bits per heavy atom. The summed E-state index contributed by atoms with van der Waals surface area (Å²) in [6.45, 7) is 5.01. The Hall–Kier alpha value is -3.08. The molecule has 210 valence electrons. The van der Waals surface area contributed by atoms with Crippen LogP contribution in [0.4, 0.5) is 30.5 Å². The van der Waals surface area contributed by atoms with Gasteiger partial charge < -0.3 is 15.4 Å². The van der Waals surface area contributed by atoms with Gasteiger partial charge in [0.05, 0.1) is 52.7 Å². The summed E-state index contributed by atoms with van der Waals surface area (Å²) >= 11 is 7.44. The molecule has 3 heterocycles. The van der Waals surface area contributed by atoms with E-state index in [2.05, 4.69) is 30.6 Å². The molecule has 9 nitrogen and oxygen atoms in total. The maximum Gasteiger partial charge on any atom is 0.416 e. The molecule has 14 heteroatoms. The van der Waals surface area contributed by atoms with Gasteiger partial charge in [-0.3, -0.25) is 8.01 Å². The maximum atomic E-state index is 13.0. The van der Waals surface area contributed by atoms with E-state index in [1.165, 1.54) is 12.1 Å². The summed E-state index contributed by atoms with van der Waals surface area (Å²) in [4.78, 5) is 11.5. The largest absolute Gasteiger partial charge is 0.416 e. The highest BCUT2D eigenvalue weighted by atomic mass is 127. The van der Waals surface area contributed by atoms with Gasteiger partial charge in [0.1, 0.15) is 5.69 Å². The lowest BCUT2D eigenvalue weighted by Crippen LogP contribution is -2.39. The number of hydrogen-bond donors (Lipinski definition) is 2. The fraction of sp³-hybridized carbons (Fsp3) is 0.308. The quantitative estimate of drug-likeness (QED) is 0.153. The van der Waals surface area contributed by atoms with Crippen LogP contribution < -0.4 is 13.7 Å². The van der Waals surface area contributed by atoms with E-state index >= 15 is 0 Å². The molecule has 1 saturated heterocycles. The first kappa shape index (κ1) is 28.4. The summed E-state index contributed by atoms with van der Waals surface area (Å²) in [5.41, 5.74) is 2.59. The molecule has 1 fully saturated rings. The Balaban J connectivity index is 1.25. The molecule has 2 aromatic heterocycles. The first-order valence-corrected chi connectivity index (χ1v) is 13.8. The maximum absolute atomic E-state index is 13.0. The van der Waals surface area contributed by atoms with Crippen LogP contribution >= 0.6 is 35.1 Å². The number of alkyl halides is 3. The van der Waals surface area contributed by atoms with Crippen molar-refractivity contribution in [1.29, 1.82) is 0 Å². The SMILES string of the molecule is Cn1nc(-c2ccc(N(I)C(=S)Nc3cccc(C(F)(F)F)c3)cc2)c2cnc(NCCN3CCOCC3)nc21. The molecule has 0 bridgehead atoms. The molecule has 5 rings (SSSR count). The molecule has 40 heavy (non-hydrogen) atoms. The topological polar surface area (TPSA) is 83.4 Å². The second-order valence-corrected chi connectivity index (χ2v) is 10.5. The summed E-state index contributed by atoms with van der Waals surface area (Å²) in [5, 5.41) is 11.9. The summed E-state index contributed by atoms with van der Waals surface area (Å²) in [7, 11) is 1.84. The number of hydrogen-bond acceptors (Lipinski definition) is 7. The van der Waals surface area contributed by atoms with Gasteiger partial charge in [-0.15, -0.1) is 0 Å². The third-order valence-electron chi connectivity index (χ3n) is 6.38. The van der Waals surface area contributed by atoms with Crippen molar-refractivity contribution in [2.45, 2.75) is 6.18 Å². The van der Waals surface area contributed by atoms with Crippen LogP contribution in [0.5, 0.6) is 0 Å². The van der Waals surface area contributed by atoms with Gasteiger partial charge in [-0.2, -0.15) is 23.3 Å². The smallest absolute Gasteiger partial charge is 0.379 e. The summed E-state index contributed by atoms with van der Waals surface area (Å²) in [6.07, 6.45) is -2.66. The predicted octanol–water partition coefficient (Wildman–Crippen LogP) is 5.35. The van der Waals surface area contributed by atoms with E-state index in [1.807, 2.05) is 54.2 Å². The molecular weight excluding hydrogens is 656 g/mol. The number of ether oxygens (including phenoxy) is 1. The van der Waals surface area contributed by atoms with Crippen molar-refractivity contribution >= 4 is 68.6 Å². The fourth-order valence-electron chi connectivity index (χ4n) is 4.30. The average Bonchev–Trinajstić information content (AvgIpc) is 3.28. The van der Waals surface area contributed by atoms with E-state index in [0.29, 0.717) is 11.6 Å². The van der Waals surface area contributed by atoms with Crippen LogP contribution in [-0.2, 0) is 18.0 Å². The molecule has 4 aromatic rings. The Bertz CT molecular complexity index is 1490. The van der Waals surface area contributed by atoms with Crippen molar-refractivity contribution in [3.63, 3.8) is 0 Å². The lowest BCUT2D eigenvalue weighted by Gasteiger charge is -2.26. The van der Waals surface area contributed by atoms with Gasteiger partial charge in [0.15, 0.2) is 10.8 Å². The predicted molar refractivity (Wildman–Crippen MR) is 162 cm³/mol. The minimum Gasteiger partial charge on any atom is -0.379 e. The van der Waals surface area contributed by atoms with Crippen LogP contribution in [-0.4, -0.2) is 69.2 Å². The number of fused-ring (bicyclic) bond motifs is 1. The summed E-state index contributed by atoms with van der Waals surface area (Å²) < 4.78 is 47.9. The molecule has 0 aliphatic carbocycles. The van der Waals surface area contributed by atoms with Gasteiger partial charge in [-0.05, 0) is 42.5 Å². The highest BCUT2D eigenvalue weighted by molar-refractivity contribution is 14.1. The average molecular weight is 683 g/mol. The monoisotopic (exact) mass is 682 g/mol. The number of nitrogens with zero attached hydrogens (tertiary/aromatic N) is 6. The first-order valence-electron chi connectivity index (χ1n) is 12.5. The number of aromatic nitrogens is 4. The van der Waals surface area contributed by atoms with E-state index in [4.69, 9.17) is 17.0 Å². The Kier molecular flexibility index (Phi) is 8.68. The van der Waals surface area contributed by atoms with Crippen LogP contribution in [0, 0.1) is 0 Å². The van der Waals surface area contributed by atoms with Crippen LogP contribution in [0.25, 0.3) is 22.3 Å². The molecule has 1 aliphatic heterocycles. The molecule has 0 spiro atoms. The van der Waals surface area contributed by atoms with E-state index in [-0.39, 0.29) is 10.8 Å². The second-order valence-electron chi connectivity index (χ2n) is 9.12. The molecule has 2 aromatic carbocycles. The summed E-state index contributed by atoms with van der Waals surface area (Å²) in [6, 6.07) is 12.5. The van der Waals surface area contributed by atoms with Gasteiger partial charge in [0.2, 0.25) is 5.95 Å². The van der Waals surface area contributed by atoms with Crippen molar-refractivity contribution in [2.75, 3.05) is 53.1 Å². The molecule has 1 aliphatic rings. The Morgan fingerprint density at radius 3 is 2.62 bits per heavy atom. The molecule has 0 atom stereocenters. The third kappa shape index (κ3) is 6.62. The van der Waals surface area contributed by atoms with Crippen molar-refractivity contribution < 1.29 is 17.9 Å². The van der Waals surface area contributed by atoms with Crippen molar-refractivity contribution in [3.05, 3.63) is 60.3 Å². The van der Waals surface area contributed by atoms with Crippen LogP contribution in [0.2, 0.25) is 0 Å². The number of nitrogens with one attached hydrogen (secondary N) is 2. The lowest BCUT2D eigenvalue weighted by atomic mass is 10.1. The number of aryl methyl sites for hydroxylation is 1. The first-order chi connectivity index (χ1) is 19.2. The van der Waals surface area contributed by atoms with Crippen LogP contribution in [0.1, 0.15) is 5.56 Å². The van der Waals surface area contributed by atoms with E-state index < -0.39 is 11.7 Å². The van der Waals surface area contributed by atoms with E-state index in [9.17, 15) is 13.2 Å². The number of halogens is 4. The second kappa shape index (κ2) is 12.2. The van der Waals surface area contributed by atoms with E-state index in [0.717, 1.165) is 73.9 Å². The van der Waals surface area contributed by atoms with Gasteiger partial charge in [-0.1, -0.05) is 18.2 Å². The molecule has 2 N–H and O–H groups in total. The van der Waals surface area contributed by atoms with Gasteiger partial charge in [0.25, 0.3) is 0 Å². The normalized spacial score (nSPS) is 14.3. The number of benzene rings is 2. The molecule has 0 amide bonds. The number of anilines is 3. The lowest BCUT2D eigenvalue weighted by molar-refractivity contribution is -0.137. The fourth-order valence-corrected chi connectivity index (χ4v) is 4.97. The van der Waals surface area contributed by atoms with Crippen molar-refractivity contribution in [2.24, 2.45) is 7.05 Å². The minimum atomic E-state index is -4.43.